The lowest BCUT2D eigenvalue weighted by Gasteiger charge is -2.18. The average Bonchev–Trinajstić information content (AvgIpc) is 2.75. The fourth-order valence-corrected chi connectivity index (χ4v) is 2.29. The number of hydrogen-bond acceptors (Lipinski definition) is 1. The Bertz CT molecular complexity index is 386. The van der Waals surface area contributed by atoms with Gasteiger partial charge in [-0.1, -0.05) is 12.8 Å². The van der Waals surface area contributed by atoms with Crippen LogP contribution in [0.5, 0.6) is 0 Å². The first-order chi connectivity index (χ1) is 7.59. The summed E-state index contributed by atoms with van der Waals surface area (Å²) in [6, 6.07) is 1.25. The summed E-state index contributed by atoms with van der Waals surface area (Å²) in [5.74, 6) is -3.26. The lowest BCUT2D eigenvalue weighted by Crippen LogP contribution is -2.11. The van der Waals surface area contributed by atoms with E-state index in [9.17, 15) is 18.3 Å². The van der Waals surface area contributed by atoms with Crippen LogP contribution in [0.4, 0.5) is 13.2 Å². The van der Waals surface area contributed by atoms with Crippen LogP contribution in [0.3, 0.4) is 0 Å². The molecule has 1 fully saturated rings. The number of rotatable bonds is 2. The molecule has 0 saturated heterocycles. The first-order valence-corrected chi connectivity index (χ1v) is 5.42. The molecule has 1 aromatic rings. The Kier molecular flexibility index (Phi) is 3.19. The summed E-state index contributed by atoms with van der Waals surface area (Å²) in [7, 11) is 0. The van der Waals surface area contributed by atoms with E-state index in [-0.39, 0.29) is 11.5 Å². The molecule has 16 heavy (non-hydrogen) atoms. The molecule has 0 spiro atoms. The van der Waals surface area contributed by atoms with Crippen molar-refractivity contribution in [1.29, 1.82) is 0 Å². The van der Waals surface area contributed by atoms with Gasteiger partial charge in [0.25, 0.3) is 0 Å². The summed E-state index contributed by atoms with van der Waals surface area (Å²) in [6.07, 6.45) is 2.57. The Morgan fingerprint density at radius 3 is 2.19 bits per heavy atom. The van der Waals surface area contributed by atoms with Crippen LogP contribution in [0.1, 0.15) is 37.4 Å². The minimum atomic E-state index is -1.22. The monoisotopic (exact) mass is 230 g/mol. The van der Waals surface area contributed by atoms with Crippen molar-refractivity contribution in [2.24, 2.45) is 5.92 Å². The van der Waals surface area contributed by atoms with Gasteiger partial charge in [0.15, 0.2) is 11.6 Å². The van der Waals surface area contributed by atoms with E-state index in [0.29, 0.717) is 6.07 Å². The maximum Gasteiger partial charge on any atom is 0.161 e. The fourth-order valence-electron chi connectivity index (χ4n) is 2.29. The quantitative estimate of drug-likeness (QED) is 0.772. The van der Waals surface area contributed by atoms with E-state index in [1.807, 2.05) is 0 Å². The van der Waals surface area contributed by atoms with Gasteiger partial charge in [-0.3, -0.25) is 0 Å². The topological polar surface area (TPSA) is 20.2 Å². The normalized spacial score (nSPS) is 19.0. The molecule has 0 aromatic heterocycles. The predicted octanol–water partition coefficient (Wildman–Crippen LogP) is 3.33. The summed E-state index contributed by atoms with van der Waals surface area (Å²) in [5.41, 5.74) is -0.134. The minimum Gasteiger partial charge on any atom is -0.388 e. The van der Waals surface area contributed by atoms with Gasteiger partial charge >= 0.3 is 0 Å². The van der Waals surface area contributed by atoms with Gasteiger partial charge in [0.05, 0.1) is 6.10 Å². The smallest absolute Gasteiger partial charge is 0.161 e. The minimum absolute atomic E-state index is 0.0423. The lowest BCUT2D eigenvalue weighted by molar-refractivity contribution is 0.107. The van der Waals surface area contributed by atoms with Gasteiger partial charge in [-0.2, -0.15) is 0 Å². The molecule has 0 unspecified atom stereocenters. The molecule has 1 aliphatic rings. The molecule has 0 radical (unpaired) electrons. The highest BCUT2D eigenvalue weighted by atomic mass is 19.2. The van der Waals surface area contributed by atoms with Gasteiger partial charge in [0.2, 0.25) is 0 Å². The zero-order valence-corrected chi connectivity index (χ0v) is 8.72. The van der Waals surface area contributed by atoms with E-state index in [4.69, 9.17) is 0 Å². The van der Waals surface area contributed by atoms with Crippen LogP contribution < -0.4 is 0 Å². The van der Waals surface area contributed by atoms with Crippen LogP contribution in [0, 0.1) is 23.4 Å². The van der Waals surface area contributed by atoms with E-state index in [0.717, 1.165) is 31.7 Å². The second-order valence-electron chi connectivity index (χ2n) is 4.28. The van der Waals surface area contributed by atoms with Gasteiger partial charge in [-0.15, -0.1) is 0 Å². The average molecular weight is 230 g/mol. The first-order valence-electron chi connectivity index (χ1n) is 5.42. The first kappa shape index (κ1) is 11.5. The molecule has 1 aliphatic carbocycles. The van der Waals surface area contributed by atoms with Crippen LogP contribution >= 0.6 is 0 Å². The van der Waals surface area contributed by atoms with Crippen LogP contribution in [0.15, 0.2) is 12.1 Å². The van der Waals surface area contributed by atoms with Crippen LogP contribution in [0.2, 0.25) is 0 Å². The van der Waals surface area contributed by atoms with Gasteiger partial charge in [0.1, 0.15) is 5.82 Å². The largest absolute Gasteiger partial charge is 0.388 e. The molecule has 2 rings (SSSR count). The Morgan fingerprint density at radius 2 is 1.56 bits per heavy atom. The molecule has 1 saturated carbocycles. The van der Waals surface area contributed by atoms with Crippen molar-refractivity contribution < 1.29 is 18.3 Å². The van der Waals surface area contributed by atoms with Crippen molar-refractivity contribution in [1.82, 2.24) is 0 Å². The van der Waals surface area contributed by atoms with Gasteiger partial charge in [-0.25, -0.2) is 13.2 Å². The van der Waals surface area contributed by atoms with Gasteiger partial charge < -0.3 is 5.11 Å². The Hall–Kier alpha value is -1.03. The van der Waals surface area contributed by atoms with Crippen LogP contribution in [-0.4, -0.2) is 5.11 Å². The summed E-state index contributed by atoms with van der Waals surface area (Å²) in [6.45, 7) is 0. The van der Waals surface area contributed by atoms with Crippen molar-refractivity contribution in [3.63, 3.8) is 0 Å². The summed E-state index contributed by atoms with van der Waals surface area (Å²) < 4.78 is 39.0. The predicted molar refractivity (Wildman–Crippen MR) is 53.2 cm³/mol. The van der Waals surface area contributed by atoms with E-state index in [1.165, 1.54) is 0 Å². The Morgan fingerprint density at radius 1 is 1.00 bits per heavy atom. The standard InChI is InChI=1S/C12H13F3O/c13-9-6-11(15)10(14)5-8(9)12(16)7-3-1-2-4-7/h5-7,12,16H,1-4H2/t12-/m1/s1. The maximum absolute atomic E-state index is 13.4. The SMILES string of the molecule is O[C@@H](c1cc(F)c(F)cc1F)C1CCCC1. The highest BCUT2D eigenvalue weighted by molar-refractivity contribution is 5.23. The third-order valence-corrected chi connectivity index (χ3v) is 3.20. The number of aliphatic hydroxyl groups excluding tert-OH is 1. The highest BCUT2D eigenvalue weighted by Crippen LogP contribution is 2.36. The number of hydrogen-bond donors (Lipinski definition) is 1. The highest BCUT2D eigenvalue weighted by Gasteiger charge is 2.27. The van der Waals surface area contributed by atoms with E-state index in [1.54, 1.807) is 0 Å². The molecule has 0 aliphatic heterocycles. The molecule has 1 nitrogen and oxygen atoms in total. The zero-order chi connectivity index (χ0) is 11.7. The van der Waals surface area contributed by atoms with Gasteiger partial charge in [-0.05, 0) is 24.8 Å². The molecule has 1 N–H and O–H groups in total. The van der Waals surface area contributed by atoms with Crippen molar-refractivity contribution in [3.8, 4) is 0 Å². The molecular formula is C12H13F3O. The van der Waals surface area contributed by atoms with Crippen molar-refractivity contribution in [2.75, 3.05) is 0 Å². The van der Waals surface area contributed by atoms with E-state index in [2.05, 4.69) is 0 Å². The second-order valence-corrected chi connectivity index (χ2v) is 4.28. The van der Waals surface area contributed by atoms with Crippen LogP contribution in [-0.2, 0) is 0 Å². The molecule has 88 valence electrons. The summed E-state index contributed by atoms with van der Waals surface area (Å²) >= 11 is 0. The maximum atomic E-state index is 13.4. The third kappa shape index (κ3) is 2.07. The fraction of sp³-hybridized carbons (Fsp3) is 0.500. The lowest BCUT2D eigenvalue weighted by atomic mass is 9.94. The molecule has 4 heteroatoms. The van der Waals surface area contributed by atoms with E-state index < -0.39 is 23.6 Å². The number of halogens is 3. The van der Waals surface area contributed by atoms with E-state index >= 15 is 0 Å². The summed E-state index contributed by atoms with van der Waals surface area (Å²) in [5, 5.41) is 9.89. The molecule has 0 heterocycles. The number of benzene rings is 1. The van der Waals surface area contributed by atoms with Crippen LogP contribution in [0.25, 0.3) is 0 Å². The third-order valence-electron chi connectivity index (χ3n) is 3.20. The molecule has 0 bridgehead atoms. The van der Waals surface area contributed by atoms with Crippen molar-refractivity contribution in [2.45, 2.75) is 31.8 Å². The molecule has 0 amide bonds. The number of aliphatic hydroxyl groups is 1. The summed E-state index contributed by atoms with van der Waals surface area (Å²) in [4.78, 5) is 0. The second kappa shape index (κ2) is 4.45. The zero-order valence-electron chi connectivity index (χ0n) is 8.72. The van der Waals surface area contributed by atoms with Crippen molar-refractivity contribution in [3.05, 3.63) is 35.1 Å². The Labute approximate surface area is 91.9 Å². The molecule has 1 atom stereocenters. The molecular weight excluding hydrogens is 217 g/mol. The Balaban J connectivity index is 2.28. The van der Waals surface area contributed by atoms with Crippen molar-refractivity contribution >= 4 is 0 Å². The molecule has 1 aromatic carbocycles. The van der Waals surface area contributed by atoms with Gasteiger partial charge in [0, 0.05) is 11.6 Å².